The smallest absolute Gasteiger partial charge is 0.0167 e. The highest BCUT2D eigenvalue weighted by molar-refractivity contribution is 5.85. The van der Waals surface area contributed by atoms with E-state index in [2.05, 4.69) is 18.5 Å². The number of nitrogens with one attached hydrogen (secondary N) is 1. The Labute approximate surface area is 76.8 Å². The number of allylic oxidation sites excluding steroid dienone is 2. The van der Waals surface area contributed by atoms with Crippen LogP contribution >= 0.6 is 12.4 Å². The zero-order valence-corrected chi connectivity index (χ0v) is 8.41. The lowest BCUT2D eigenvalue weighted by atomic mass is 10.3. The zero-order valence-electron chi connectivity index (χ0n) is 7.60. The molecule has 70 valence electrons. The quantitative estimate of drug-likeness (QED) is 0.518. The maximum atomic E-state index is 3.55. The Hall–Kier alpha value is -0.310. The Morgan fingerprint density at radius 2 is 1.27 bits per heavy atom. The van der Waals surface area contributed by atoms with Crippen LogP contribution in [0.1, 0.15) is 12.8 Å². The van der Waals surface area contributed by atoms with Crippen LogP contribution in [0.4, 0.5) is 0 Å². The van der Waals surface area contributed by atoms with Gasteiger partial charge in [0.25, 0.3) is 0 Å². The van der Waals surface area contributed by atoms with E-state index in [0.29, 0.717) is 0 Å². The summed E-state index contributed by atoms with van der Waals surface area (Å²) in [4.78, 5) is 0. The molecule has 0 radical (unpaired) electrons. The van der Waals surface area contributed by atoms with Crippen molar-refractivity contribution in [3.63, 3.8) is 0 Å². The fourth-order valence-electron chi connectivity index (χ4n) is 0.236. The Morgan fingerprint density at radius 1 is 1.09 bits per heavy atom. The van der Waals surface area contributed by atoms with Crippen LogP contribution in [0.25, 0.3) is 0 Å². The SMILES string of the molecule is C=CCCC=C.CNC.Cl.N. The number of halogens is 1. The van der Waals surface area contributed by atoms with Crippen LogP contribution in [-0.2, 0) is 0 Å². The van der Waals surface area contributed by atoms with Gasteiger partial charge in [0.15, 0.2) is 0 Å². The molecule has 0 aliphatic rings. The average molecular weight is 181 g/mol. The van der Waals surface area contributed by atoms with Gasteiger partial charge in [0.2, 0.25) is 0 Å². The van der Waals surface area contributed by atoms with Gasteiger partial charge in [-0.05, 0) is 26.9 Å². The molecule has 4 N–H and O–H groups in total. The summed E-state index contributed by atoms with van der Waals surface area (Å²) in [5, 5.41) is 2.75. The van der Waals surface area contributed by atoms with Gasteiger partial charge in [0.1, 0.15) is 0 Å². The Kier molecular flexibility index (Phi) is 67.8. The summed E-state index contributed by atoms with van der Waals surface area (Å²) in [6.07, 6.45) is 5.90. The third-order valence-corrected chi connectivity index (χ3v) is 0.575. The molecule has 0 amide bonds. The molecule has 3 heteroatoms. The molecule has 0 aromatic rings. The Balaban J connectivity index is -0.0000000437. The van der Waals surface area contributed by atoms with Crippen molar-refractivity contribution in [3.8, 4) is 0 Å². The molecular weight excluding hydrogens is 160 g/mol. The number of hydrogen-bond acceptors (Lipinski definition) is 2. The number of unbranched alkanes of at least 4 members (excludes halogenated alkanes) is 1. The minimum absolute atomic E-state index is 0. The van der Waals surface area contributed by atoms with Gasteiger partial charge in [-0.1, -0.05) is 12.2 Å². The second-order valence-electron chi connectivity index (χ2n) is 1.65. The van der Waals surface area contributed by atoms with Gasteiger partial charge in [0, 0.05) is 0 Å². The van der Waals surface area contributed by atoms with Crippen molar-refractivity contribution in [2.75, 3.05) is 14.1 Å². The summed E-state index contributed by atoms with van der Waals surface area (Å²) in [5.74, 6) is 0. The fraction of sp³-hybridized carbons (Fsp3) is 0.500. The van der Waals surface area contributed by atoms with E-state index >= 15 is 0 Å². The predicted molar refractivity (Wildman–Crippen MR) is 56.9 cm³/mol. The van der Waals surface area contributed by atoms with E-state index in [1.807, 2.05) is 26.2 Å². The van der Waals surface area contributed by atoms with Gasteiger partial charge in [-0.2, -0.15) is 0 Å². The highest BCUT2D eigenvalue weighted by Crippen LogP contribution is 1.86. The van der Waals surface area contributed by atoms with Crippen LogP contribution in [0.2, 0.25) is 0 Å². The molecule has 0 rings (SSSR count). The molecule has 0 bridgehead atoms. The largest absolute Gasteiger partial charge is 0.344 e. The molecule has 0 aromatic carbocycles. The standard InChI is InChI=1S/C6H10.C2H7N.ClH.H3N/c1-3-5-6-4-2;1-3-2;;/h3-4H,1-2,5-6H2;3H,1-2H3;1H;1H3. The zero-order chi connectivity index (χ0) is 7.54. The molecule has 0 fully saturated rings. The summed E-state index contributed by atoms with van der Waals surface area (Å²) in [6.45, 7) is 7.10. The first kappa shape index (κ1) is 22.4. The second kappa shape index (κ2) is 33.3. The molecular formula is C8H21ClN2. The van der Waals surface area contributed by atoms with Gasteiger partial charge < -0.3 is 11.5 Å². The maximum Gasteiger partial charge on any atom is -0.0167 e. The maximum absolute atomic E-state index is 3.55. The lowest BCUT2D eigenvalue weighted by molar-refractivity contribution is 1.02. The lowest BCUT2D eigenvalue weighted by Gasteiger charge is -1.76. The molecule has 0 saturated heterocycles. The van der Waals surface area contributed by atoms with E-state index in [0.717, 1.165) is 12.8 Å². The molecule has 0 unspecified atom stereocenters. The van der Waals surface area contributed by atoms with Crippen LogP contribution in [0.5, 0.6) is 0 Å². The summed E-state index contributed by atoms with van der Waals surface area (Å²) >= 11 is 0. The van der Waals surface area contributed by atoms with E-state index < -0.39 is 0 Å². The van der Waals surface area contributed by atoms with E-state index in [1.54, 1.807) is 0 Å². The molecule has 0 heterocycles. The van der Waals surface area contributed by atoms with Crippen molar-refractivity contribution in [2.24, 2.45) is 0 Å². The van der Waals surface area contributed by atoms with Crippen molar-refractivity contribution in [1.29, 1.82) is 0 Å². The van der Waals surface area contributed by atoms with Gasteiger partial charge in [-0.15, -0.1) is 25.6 Å². The van der Waals surface area contributed by atoms with Crippen LogP contribution in [0, 0.1) is 0 Å². The van der Waals surface area contributed by atoms with Crippen LogP contribution in [0.3, 0.4) is 0 Å². The average Bonchev–Trinajstić information content (AvgIpc) is 1.86. The second-order valence-corrected chi connectivity index (χ2v) is 1.65. The molecule has 0 saturated carbocycles. The molecule has 2 nitrogen and oxygen atoms in total. The predicted octanol–water partition coefficient (Wildman–Crippen LogP) is 2.56. The minimum Gasteiger partial charge on any atom is -0.344 e. The van der Waals surface area contributed by atoms with E-state index in [1.165, 1.54) is 0 Å². The summed E-state index contributed by atoms with van der Waals surface area (Å²) in [6, 6.07) is 0. The summed E-state index contributed by atoms with van der Waals surface area (Å²) in [7, 11) is 3.75. The first-order valence-electron chi connectivity index (χ1n) is 3.13. The van der Waals surface area contributed by atoms with Gasteiger partial charge in [-0.3, -0.25) is 0 Å². The summed E-state index contributed by atoms with van der Waals surface area (Å²) in [5.41, 5.74) is 0. The lowest BCUT2D eigenvalue weighted by Crippen LogP contribution is -1.89. The topological polar surface area (TPSA) is 47.0 Å². The van der Waals surface area contributed by atoms with Gasteiger partial charge in [-0.25, -0.2) is 0 Å². The highest BCUT2D eigenvalue weighted by atomic mass is 35.5. The molecule has 0 aliphatic heterocycles. The van der Waals surface area contributed by atoms with Crippen LogP contribution in [-0.4, -0.2) is 14.1 Å². The first-order chi connectivity index (χ1) is 4.33. The van der Waals surface area contributed by atoms with Crippen molar-refractivity contribution in [2.45, 2.75) is 12.8 Å². The molecule has 0 aromatic heterocycles. The van der Waals surface area contributed by atoms with E-state index in [4.69, 9.17) is 0 Å². The molecule has 0 atom stereocenters. The molecule has 0 aliphatic carbocycles. The monoisotopic (exact) mass is 180 g/mol. The van der Waals surface area contributed by atoms with E-state index in [9.17, 15) is 0 Å². The van der Waals surface area contributed by atoms with Gasteiger partial charge >= 0.3 is 0 Å². The third kappa shape index (κ3) is 79.2. The number of rotatable bonds is 3. The van der Waals surface area contributed by atoms with Crippen molar-refractivity contribution >= 4 is 12.4 Å². The highest BCUT2D eigenvalue weighted by Gasteiger charge is 1.66. The first-order valence-corrected chi connectivity index (χ1v) is 3.13. The Morgan fingerprint density at radius 3 is 1.36 bits per heavy atom. The molecule has 0 spiro atoms. The van der Waals surface area contributed by atoms with Crippen molar-refractivity contribution in [3.05, 3.63) is 25.3 Å². The van der Waals surface area contributed by atoms with Crippen molar-refractivity contribution in [1.82, 2.24) is 11.5 Å². The Bertz CT molecular complexity index is 57.1. The van der Waals surface area contributed by atoms with Crippen LogP contribution < -0.4 is 11.5 Å². The normalized spacial score (nSPS) is 5.64. The van der Waals surface area contributed by atoms with Gasteiger partial charge in [0.05, 0.1) is 0 Å². The van der Waals surface area contributed by atoms with Crippen molar-refractivity contribution < 1.29 is 0 Å². The molecule has 11 heavy (non-hydrogen) atoms. The minimum atomic E-state index is 0. The summed E-state index contributed by atoms with van der Waals surface area (Å²) < 4.78 is 0. The fourth-order valence-corrected chi connectivity index (χ4v) is 0.236. The van der Waals surface area contributed by atoms with E-state index in [-0.39, 0.29) is 18.6 Å². The third-order valence-electron chi connectivity index (χ3n) is 0.575. The number of hydrogen-bond donors (Lipinski definition) is 2. The van der Waals surface area contributed by atoms with Crippen LogP contribution in [0.15, 0.2) is 25.3 Å².